The van der Waals surface area contributed by atoms with E-state index in [-0.39, 0.29) is 0 Å². The van der Waals surface area contributed by atoms with Gasteiger partial charge in [0, 0.05) is 19.1 Å². The van der Waals surface area contributed by atoms with Gasteiger partial charge in [-0.3, -0.25) is 9.69 Å². The molecular weight excluding hydrogens is 242 g/mol. The zero-order chi connectivity index (χ0) is 13.9. The van der Waals surface area contributed by atoms with E-state index in [1.54, 1.807) is 0 Å². The van der Waals surface area contributed by atoms with Crippen molar-refractivity contribution in [1.29, 1.82) is 0 Å². The third-order valence-corrected chi connectivity index (χ3v) is 4.68. The first-order chi connectivity index (χ1) is 9.07. The van der Waals surface area contributed by atoms with Gasteiger partial charge in [0.05, 0.1) is 0 Å². The van der Waals surface area contributed by atoms with E-state index in [0.717, 1.165) is 52.0 Å². The molecule has 1 aliphatic carbocycles. The molecule has 0 spiro atoms. The van der Waals surface area contributed by atoms with Gasteiger partial charge < -0.3 is 15.3 Å². The molecule has 1 saturated heterocycles. The van der Waals surface area contributed by atoms with Crippen molar-refractivity contribution in [3.63, 3.8) is 0 Å². The Morgan fingerprint density at radius 1 is 1.37 bits per heavy atom. The highest BCUT2D eigenvalue weighted by molar-refractivity contribution is 5.79. The Labute approximate surface area is 115 Å². The summed E-state index contributed by atoms with van der Waals surface area (Å²) in [5.41, 5.74) is -0.683. The van der Waals surface area contributed by atoms with Gasteiger partial charge in [-0.15, -0.1) is 0 Å². The van der Waals surface area contributed by atoms with Gasteiger partial charge in [-0.2, -0.15) is 0 Å². The molecule has 0 aromatic carbocycles. The predicted octanol–water partition coefficient (Wildman–Crippen LogP) is 0.609. The van der Waals surface area contributed by atoms with E-state index in [0.29, 0.717) is 6.04 Å². The predicted molar refractivity (Wildman–Crippen MR) is 75.4 cm³/mol. The normalized spacial score (nSPS) is 34.3. The van der Waals surface area contributed by atoms with Crippen molar-refractivity contribution in [3.8, 4) is 0 Å². The third kappa shape index (κ3) is 3.27. The minimum absolute atomic E-state index is 0.432. The Kier molecular flexibility index (Phi) is 4.81. The van der Waals surface area contributed by atoms with E-state index in [4.69, 9.17) is 0 Å². The fourth-order valence-corrected chi connectivity index (χ4v) is 3.53. The largest absolute Gasteiger partial charge is 0.480 e. The number of nitrogens with one attached hydrogen (secondary N) is 1. The van der Waals surface area contributed by atoms with Crippen LogP contribution in [0, 0.1) is 0 Å². The molecule has 2 aliphatic rings. The van der Waals surface area contributed by atoms with Crippen LogP contribution >= 0.6 is 0 Å². The summed E-state index contributed by atoms with van der Waals surface area (Å²) in [6, 6.07) is 0.432. The smallest absolute Gasteiger partial charge is 0.323 e. The molecule has 5 nitrogen and oxygen atoms in total. The molecule has 19 heavy (non-hydrogen) atoms. The Morgan fingerprint density at radius 3 is 2.84 bits per heavy atom. The first kappa shape index (κ1) is 14.8. The van der Waals surface area contributed by atoms with Crippen molar-refractivity contribution >= 4 is 5.97 Å². The molecule has 110 valence electrons. The molecule has 5 heteroatoms. The first-order valence-corrected chi connectivity index (χ1v) is 7.48. The monoisotopic (exact) mass is 269 g/mol. The van der Waals surface area contributed by atoms with Crippen LogP contribution in [-0.2, 0) is 4.79 Å². The van der Waals surface area contributed by atoms with Gasteiger partial charge in [0.2, 0.25) is 0 Å². The van der Waals surface area contributed by atoms with Gasteiger partial charge in [-0.25, -0.2) is 0 Å². The Morgan fingerprint density at radius 2 is 2.16 bits per heavy atom. The van der Waals surface area contributed by atoms with E-state index in [1.165, 1.54) is 6.42 Å². The lowest BCUT2D eigenvalue weighted by Gasteiger charge is -2.30. The summed E-state index contributed by atoms with van der Waals surface area (Å²) >= 11 is 0. The standard InChI is InChI=1S/C14H27N3O2/c1-3-15-14(13(18)19)6-5-12(11-14)17-8-4-7-16(2)9-10-17/h12,15H,3-11H2,1-2H3,(H,18,19). The number of carboxylic acids is 1. The highest BCUT2D eigenvalue weighted by atomic mass is 16.4. The van der Waals surface area contributed by atoms with Crippen molar-refractivity contribution in [3.05, 3.63) is 0 Å². The van der Waals surface area contributed by atoms with E-state index in [9.17, 15) is 9.90 Å². The second-order valence-corrected chi connectivity index (χ2v) is 6.01. The number of carboxylic acid groups (broad SMARTS) is 1. The second kappa shape index (κ2) is 6.20. The number of hydrogen-bond acceptors (Lipinski definition) is 4. The molecular formula is C14H27N3O2. The molecule has 1 saturated carbocycles. The average Bonchev–Trinajstić information content (AvgIpc) is 2.68. The number of rotatable bonds is 4. The number of aliphatic carboxylic acids is 1. The summed E-state index contributed by atoms with van der Waals surface area (Å²) in [6.07, 6.45) is 3.70. The van der Waals surface area contributed by atoms with Crippen molar-refractivity contribution in [1.82, 2.24) is 15.1 Å². The van der Waals surface area contributed by atoms with Crippen LogP contribution in [0.4, 0.5) is 0 Å². The fourth-order valence-electron chi connectivity index (χ4n) is 3.53. The van der Waals surface area contributed by atoms with E-state index in [2.05, 4.69) is 22.2 Å². The minimum atomic E-state index is -0.683. The molecule has 0 aromatic rings. The zero-order valence-electron chi connectivity index (χ0n) is 12.2. The second-order valence-electron chi connectivity index (χ2n) is 6.01. The lowest BCUT2D eigenvalue weighted by molar-refractivity contribution is -0.144. The van der Waals surface area contributed by atoms with Crippen molar-refractivity contribution < 1.29 is 9.90 Å². The summed E-state index contributed by atoms with van der Waals surface area (Å²) in [5, 5.41) is 12.7. The molecule has 1 aliphatic heterocycles. The maximum absolute atomic E-state index is 11.6. The van der Waals surface area contributed by atoms with Crippen LogP contribution in [0.5, 0.6) is 0 Å². The lowest BCUT2D eigenvalue weighted by atomic mass is 9.97. The topological polar surface area (TPSA) is 55.8 Å². The zero-order valence-corrected chi connectivity index (χ0v) is 12.2. The van der Waals surface area contributed by atoms with Crippen LogP contribution in [0.2, 0.25) is 0 Å². The first-order valence-electron chi connectivity index (χ1n) is 7.48. The summed E-state index contributed by atoms with van der Waals surface area (Å²) in [4.78, 5) is 16.4. The maximum atomic E-state index is 11.6. The van der Waals surface area contributed by atoms with E-state index < -0.39 is 11.5 Å². The molecule has 0 aromatic heterocycles. The van der Waals surface area contributed by atoms with Crippen molar-refractivity contribution in [2.45, 2.75) is 44.2 Å². The molecule has 2 unspecified atom stereocenters. The Bertz CT molecular complexity index is 324. The molecule has 2 N–H and O–H groups in total. The molecule has 0 bridgehead atoms. The molecule has 0 amide bonds. The number of carbonyl (C=O) groups is 1. The van der Waals surface area contributed by atoms with Gasteiger partial charge in [0.15, 0.2) is 0 Å². The lowest BCUT2D eigenvalue weighted by Crippen LogP contribution is -2.51. The fraction of sp³-hybridized carbons (Fsp3) is 0.929. The molecule has 1 heterocycles. The number of nitrogens with zero attached hydrogens (tertiary/aromatic N) is 2. The van der Waals surface area contributed by atoms with Gasteiger partial charge in [-0.1, -0.05) is 6.92 Å². The average molecular weight is 269 g/mol. The highest BCUT2D eigenvalue weighted by Crippen LogP contribution is 2.33. The Hall–Kier alpha value is -0.650. The molecule has 0 radical (unpaired) electrons. The van der Waals surface area contributed by atoms with Crippen LogP contribution in [0.3, 0.4) is 0 Å². The summed E-state index contributed by atoms with van der Waals surface area (Å²) in [7, 11) is 2.17. The van der Waals surface area contributed by atoms with Crippen molar-refractivity contribution in [2.24, 2.45) is 0 Å². The maximum Gasteiger partial charge on any atom is 0.323 e. The number of likely N-dealkylation sites (N-methyl/N-ethyl adjacent to an activating group) is 2. The van der Waals surface area contributed by atoms with Crippen LogP contribution in [0.1, 0.15) is 32.6 Å². The Balaban J connectivity index is 1.98. The molecule has 2 atom stereocenters. The summed E-state index contributed by atoms with van der Waals surface area (Å²) < 4.78 is 0. The van der Waals surface area contributed by atoms with Gasteiger partial charge in [0.1, 0.15) is 5.54 Å². The molecule has 2 fully saturated rings. The van der Waals surface area contributed by atoms with Crippen LogP contribution < -0.4 is 5.32 Å². The van der Waals surface area contributed by atoms with Gasteiger partial charge in [0.25, 0.3) is 0 Å². The van der Waals surface area contributed by atoms with Crippen LogP contribution in [0.15, 0.2) is 0 Å². The SMILES string of the molecule is CCNC1(C(=O)O)CCC(N2CCCN(C)CC2)C1. The van der Waals surface area contributed by atoms with Crippen LogP contribution in [0.25, 0.3) is 0 Å². The van der Waals surface area contributed by atoms with Crippen LogP contribution in [-0.4, -0.2) is 72.2 Å². The summed E-state index contributed by atoms with van der Waals surface area (Å²) in [5.74, 6) is -0.677. The van der Waals surface area contributed by atoms with E-state index in [1.807, 2.05) is 6.92 Å². The number of hydrogen-bond donors (Lipinski definition) is 2. The summed E-state index contributed by atoms with van der Waals surface area (Å²) in [6.45, 7) is 7.14. The van der Waals surface area contributed by atoms with Gasteiger partial charge in [-0.05, 0) is 52.4 Å². The van der Waals surface area contributed by atoms with Crippen molar-refractivity contribution in [2.75, 3.05) is 39.8 Å². The minimum Gasteiger partial charge on any atom is -0.480 e. The van der Waals surface area contributed by atoms with E-state index >= 15 is 0 Å². The quantitative estimate of drug-likeness (QED) is 0.783. The third-order valence-electron chi connectivity index (χ3n) is 4.68. The van der Waals surface area contributed by atoms with Gasteiger partial charge >= 0.3 is 5.97 Å². The highest BCUT2D eigenvalue weighted by Gasteiger charge is 2.46. The molecule has 2 rings (SSSR count).